The Balaban J connectivity index is 2.07. The molecule has 0 atom stereocenters. The molecule has 0 bridgehead atoms. The van der Waals surface area contributed by atoms with Crippen LogP contribution in [0.25, 0.3) is 0 Å². The van der Waals surface area contributed by atoms with E-state index in [1.165, 1.54) is 32.1 Å². The van der Waals surface area contributed by atoms with Gasteiger partial charge in [-0.15, -0.1) is 0 Å². The summed E-state index contributed by atoms with van der Waals surface area (Å²) in [6.45, 7) is 0. The minimum Gasteiger partial charge on any atom is -0.373 e. The molecule has 0 aliphatic heterocycles. The topological polar surface area (TPSA) is 49.8 Å². The SMILES string of the molecule is CNc1cc(NC2CCCCC2)nc(SC)n1. The molecule has 4 nitrogen and oxygen atoms in total. The highest BCUT2D eigenvalue weighted by atomic mass is 32.2. The van der Waals surface area contributed by atoms with Gasteiger partial charge in [0.2, 0.25) is 0 Å². The summed E-state index contributed by atoms with van der Waals surface area (Å²) in [5.74, 6) is 1.82. The van der Waals surface area contributed by atoms with Crippen LogP contribution in [0.15, 0.2) is 11.2 Å². The van der Waals surface area contributed by atoms with Crippen LogP contribution in [-0.4, -0.2) is 29.3 Å². The van der Waals surface area contributed by atoms with Gasteiger partial charge in [-0.2, -0.15) is 0 Å². The molecule has 1 aliphatic carbocycles. The molecule has 0 radical (unpaired) electrons. The second kappa shape index (κ2) is 6.10. The summed E-state index contributed by atoms with van der Waals surface area (Å²) in [5, 5.41) is 7.42. The highest BCUT2D eigenvalue weighted by Crippen LogP contribution is 2.23. The fraction of sp³-hybridized carbons (Fsp3) is 0.667. The Hall–Kier alpha value is -0.970. The Bertz CT molecular complexity index is 341. The van der Waals surface area contributed by atoms with E-state index in [0.29, 0.717) is 6.04 Å². The van der Waals surface area contributed by atoms with Gasteiger partial charge in [-0.05, 0) is 19.1 Å². The maximum absolute atomic E-state index is 4.49. The van der Waals surface area contributed by atoms with E-state index in [-0.39, 0.29) is 0 Å². The average molecular weight is 252 g/mol. The standard InChI is InChI=1S/C12H20N4S/c1-13-10-8-11(16-12(15-10)17-2)14-9-6-4-3-5-7-9/h8-9H,3-7H2,1-2H3,(H2,13,14,15,16). The normalized spacial score (nSPS) is 16.8. The van der Waals surface area contributed by atoms with Gasteiger partial charge >= 0.3 is 0 Å². The first kappa shape index (κ1) is 12.5. The first-order valence-corrected chi connectivity index (χ1v) is 7.41. The molecule has 94 valence electrons. The molecule has 0 aromatic carbocycles. The molecule has 1 aromatic heterocycles. The average Bonchev–Trinajstić information content (AvgIpc) is 2.39. The minimum atomic E-state index is 0.582. The van der Waals surface area contributed by atoms with Gasteiger partial charge < -0.3 is 10.6 Å². The van der Waals surface area contributed by atoms with E-state index < -0.39 is 0 Å². The van der Waals surface area contributed by atoms with Crippen molar-refractivity contribution in [3.05, 3.63) is 6.07 Å². The van der Waals surface area contributed by atoms with Crippen LogP contribution in [0.2, 0.25) is 0 Å². The molecule has 1 aliphatic rings. The molecule has 2 rings (SSSR count). The Morgan fingerprint density at radius 2 is 1.88 bits per heavy atom. The fourth-order valence-electron chi connectivity index (χ4n) is 2.17. The van der Waals surface area contributed by atoms with Crippen molar-refractivity contribution in [2.24, 2.45) is 0 Å². The lowest BCUT2D eigenvalue weighted by atomic mass is 9.95. The van der Waals surface area contributed by atoms with Gasteiger partial charge in [0.05, 0.1) is 0 Å². The van der Waals surface area contributed by atoms with Crippen LogP contribution < -0.4 is 10.6 Å². The second-order valence-corrected chi connectivity index (χ2v) is 5.13. The highest BCUT2D eigenvalue weighted by Gasteiger charge is 2.14. The summed E-state index contributed by atoms with van der Waals surface area (Å²) < 4.78 is 0. The number of hydrogen-bond acceptors (Lipinski definition) is 5. The van der Waals surface area contributed by atoms with Gasteiger partial charge in [0.25, 0.3) is 0 Å². The lowest BCUT2D eigenvalue weighted by molar-refractivity contribution is 0.461. The number of anilines is 2. The Morgan fingerprint density at radius 1 is 1.18 bits per heavy atom. The third kappa shape index (κ3) is 3.49. The molecule has 1 saturated carbocycles. The van der Waals surface area contributed by atoms with Crippen LogP contribution in [0, 0.1) is 0 Å². The molecule has 17 heavy (non-hydrogen) atoms. The Kier molecular flexibility index (Phi) is 4.48. The number of hydrogen-bond donors (Lipinski definition) is 2. The molecule has 1 aromatic rings. The molecule has 2 N–H and O–H groups in total. The summed E-state index contributed by atoms with van der Waals surface area (Å²) >= 11 is 1.57. The van der Waals surface area contributed by atoms with E-state index in [2.05, 4.69) is 20.6 Å². The molecule has 0 unspecified atom stereocenters. The van der Waals surface area contributed by atoms with Gasteiger partial charge in [-0.25, -0.2) is 9.97 Å². The summed E-state index contributed by atoms with van der Waals surface area (Å²) in [4.78, 5) is 8.86. The van der Waals surface area contributed by atoms with Crippen LogP contribution in [0.1, 0.15) is 32.1 Å². The van der Waals surface area contributed by atoms with Crippen molar-refractivity contribution in [3.8, 4) is 0 Å². The molecule has 1 heterocycles. The van der Waals surface area contributed by atoms with Crippen molar-refractivity contribution in [2.75, 3.05) is 23.9 Å². The summed E-state index contributed by atoms with van der Waals surface area (Å²) in [7, 11) is 1.89. The molecule has 0 saturated heterocycles. The summed E-state index contributed by atoms with van der Waals surface area (Å²) in [6, 6.07) is 2.56. The molecule has 5 heteroatoms. The number of nitrogens with one attached hydrogen (secondary N) is 2. The largest absolute Gasteiger partial charge is 0.373 e. The lowest BCUT2D eigenvalue weighted by Gasteiger charge is -2.23. The predicted molar refractivity (Wildman–Crippen MR) is 73.9 cm³/mol. The second-order valence-electron chi connectivity index (χ2n) is 4.35. The van der Waals surface area contributed by atoms with Gasteiger partial charge in [0, 0.05) is 19.2 Å². The lowest BCUT2D eigenvalue weighted by Crippen LogP contribution is -2.23. The van der Waals surface area contributed by atoms with Crippen molar-refractivity contribution in [2.45, 2.75) is 43.3 Å². The van der Waals surface area contributed by atoms with Crippen molar-refractivity contribution in [1.82, 2.24) is 9.97 Å². The van der Waals surface area contributed by atoms with Crippen molar-refractivity contribution in [3.63, 3.8) is 0 Å². The quantitative estimate of drug-likeness (QED) is 0.637. The van der Waals surface area contributed by atoms with E-state index >= 15 is 0 Å². The van der Waals surface area contributed by atoms with Gasteiger partial charge in [0.1, 0.15) is 11.6 Å². The Labute approximate surface area is 107 Å². The molecule has 1 fully saturated rings. The van der Waals surface area contributed by atoms with E-state index in [4.69, 9.17) is 0 Å². The van der Waals surface area contributed by atoms with Crippen LogP contribution >= 0.6 is 11.8 Å². The maximum atomic E-state index is 4.49. The van der Waals surface area contributed by atoms with Crippen molar-refractivity contribution in [1.29, 1.82) is 0 Å². The minimum absolute atomic E-state index is 0.582. The van der Waals surface area contributed by atoms with Crippen LogP contribution in [0.4, 0.5) is 11.6 Å². The van der Waals surface area contributed by atoms with E-state index in [1.807, 2.05) is 19.4 Å². The predicted octanol–water partition coefficient (Wildman–Crippen LogP) is 2.98. The Morgan fingerprint density at radius 3 is 2.53 bits per heavy atom. The van der Waals surface area contributed by atoms with E-state index in [1.54, 1.807) is 11.8 Å². The van der Waals surface area contributed by atoms with E-state index in [9.17, 15) is 0 Å². The van der Waals surface area contributed by atoms with Crippen LogP contribution in [0.5, 0.6) is 0 Å². The number of aromatic nitrogens is 2. The number of rotatable bonds is 4. The van der Waals surface area contributed by atoms with Crippen LogP contribution in [0.3, 0.4) is 0 Å². The van der Waals surface area contributed by atoms with Gasteiger partial charge in [0.15, 0.2) is 5.16 Å². The van der Waals surface area contributed by atoms with E-state index in [0.717, 1.165) is 16.8 Å². The van der Waals surface area contributed by atoms with Crippen LogP contribution in [-0.2, 0) is 0 Å². The zero-order valence-electron chi connectivity index (χ0n) is 10.5. The maximum Gasteiger partial charge on any atom is 0.191 e. The highest BCUT2D eigenvalue weighted by molar-refractivity contribution is 7.98. The summed E-state index contributed by atoms with van der Waals surface area (Å²) in [5.41, 5.74) is 0. The molecular weight excluding hydrogens is 232 g/mol. The fourth-order valence-corrected chi connectivity index (χ4v) is 2.55. The van der Waals surface area contributed by atoms with Crippen molar-refractivity contribution < 1.29 is 0 Å². The first-order valence-electron chi connectivity index (χ1n) is 6.19. The number of nitrogens with zero attached hydrogens (tertiary/aromatic N) is 2. The monoisotopic (exact) mass is 252 g/mol. The first-order chi connectivity index (χ1) is 8.31. The third-order valence-electron chi connectivity index (χ3n) is 3.10. The zero-order valence-corrected chi connectivity index (χ0v) is 11.3. The molecular formula is C12H20N4S. The van der Waals surface area contributed by atoms with Crippen molar-refractivity contribution >= 4 is 23.4 Å². The number of thioether (sulfide) groups is 1. The zero-order chi connectivity index (χ0) is 12.1. The third-order valence-corrected chi connectivity index (χ3v) is 3.65. The molecule has 0 amide bonds. The molecule has 0 spiro atoms. The summed E-state index contributed by atoms with van der Waals surface area (Å²) in [6.07, 6.45) is 8.55. The van der Waals surface area contributed by atoms with Gasteiger partial charge in [-0.1, -0.05) is 31.0 Å². The van der Waals surface area contributed by atoms with Gasteiger partial charge in [-0.3, -0.25) is 0 Å². The smallest absolute Gasteiger partial charge is 0.191 e.